The molecule has 0 saturated carbocycles. The summed E-state index contributed by atoms with van der Waals surface area (Å²) in [4.78, 5) is 25.5. The number of cyclic esters (lactones) is 1. The van der Waals surface area contributed by atoms with Crippen LogP contribution in [-0.2, 0) is 23.8 Å². The highest BCUT2D eigenvalue weighted by Gasteiger charge is 2.55. The number of fused-ring (bicyclic) bond motifs is 2. The van der Waals surface area contributed by atoms with Gasteiger partial charge in [-0.05, 0) is 39.5 Å². The molecular weight excluding hydrogens is 364 g/mol. The number of ether oxygens (including phenoxy) is 3. The van der Waals surface area contributed by atoms with Crippen LogP contribution in [0, 0.1) is 11.8 Å². The Morgan fingerprint density at radius 2 is 1.93 bits per heavy atom. The molecule has 160 valence electrons. The van der Waals surface area contributed by atoms with Gasteiger partial charge in [0.15, 0.2) is 17.2 Å². The minimum absolute atomic E-state index is 0.0328. The Morgan fingerprint density at radius 1 is 1.29 bits per heavy atom. The predicted octanol–water partition coefficient (Wildman–Crippen LogP) is 2.13. The van der Waals surface area contributed by atoms with Gasteiger partial charge in [0.25, 0.3) is 0 Å². The lowest BCUT2D eigenvalue weighted by Gasteiger charge is -2.33. The van der Waals surface area contributed by atoms with Crippen molar-refractivity contribution in [2.24, 2.45) is 11.8 Å². The highest BCUT2D eigenvalue weighted by molar-refractivity contribution is 6.03. The first-order valence-corrected chi connectivity index (χ1v) is 9.95. The number of carbonyl (C=O) groups is 2. The van der Waals surface area contributed by atoms with Gasteiger partial charge in [-0.25, -0.2) is 0 Å². The molecule has 2 aliphatic heterocycles. The molecule has 0 radical (unpaired) electrons. The lowest BCUT2D eigenvalue weighted by atomic mass is 9.83. The monoisotopic (exact) mass is 398 g/mol. The van der Waals surface area contributed by atoms with Gasteiger partial charge in [0.2, 0.25) is 0 Å². The molecule has 2 N–H and O–H groups in total. The van der Waals surface area contributed by atoms with E-state index < -0.39 is 40.8 Å². The largest absolute Gasteiger partial charge is 0.458 e. The Bertz CT molecular complexity index is 641. The van der Waals surface area contributed by atoms with E-state index in [2.05, 4.69) is 0 Å². The number of hydrogen-bond acceptors (Lipinski definition) is 7. The number of allylic oxidation sites excluding steroid dienone is 1. The molecule has 28 heavy (non-hydrogen) atoms. The van der Waals surface area contributed by atoms with Crippen LogP contribution >= 0.6 is 0 Å². The summed E-state index contributed by atoms with van der Waals surface area (Å²) < 4.78 is 16.8. The van der Waals surface area contributed by atoms with Crippen LogP contribution in [0.3, 0.4) is 0 Å². The molecule has 0 aliphatic carbocycles. The highest BCUT2D eigenvalue weighted by atomic mass is 16.7. The molecule has 2 aliphatic rings. The number of Topliss-reactive ketones (excluding diaryl/α,β-unsaturated/α-hetero) is 1. The molecular formula is C21H34O7. The minimum Gasteiger partial charge on any atom is -0.458 e. The molecule has 1 saturated heterocycles. The van der Waals surface area contributed by atoms with Gasteiger partial charge in [-0.1, -0.05) is 25.5 Å². The van der Waals surface area contributed by atoms with Crippen LogP contribution in [0.1, 0.15) is 60.3 Å². The second kappa shape index (κ2) is 8.22. The maximum atomic E-state index is 12.9. The van der Waals surface area contributed by atoms with Gasteiger partial charge in [-0.3, -0.25) is 9.59 Å². The normalized spacial score (nSPS) is 45.1. The van der Waals surface area contributed by atoms with Crippen molar-refractivity contribution >= 4 is 11.8 Å². The zero-order valence-corrected chi connectivity index (χ0v) is 17.8. The van der Waals surface area contributed by atoms with Gasteiger partial charge in [0.1, 0.15) is 17.6 Å². The van der Waals surface area contributed by atoms with Crippen molar-refractivity contribution < 1.29 is 34.0 Å². The summed E-state index contributed by atoms with van der Waals surface area (Å²) >= 11 is 0. The molecule has 0 amide bonds. The number of esters is 1. The molecule has 6 atom stereocenters. The van der Waals surface area contributed by atoms with E-state index in [0.29, 0.717) is 19.3 Å². The Kier molecular flexibility index (Phi) is 6.76. The third-order valence-corrected chi connectivity index (χ3v) is 5.86. The van der Waals surface area contributed by atoms with Gasteiger partial charge in [-0.2, -0.15) is 0 Å². The quantitative estimate of drug-likeness (QED) is 0.417. The number of carbonyl (C=O) groups excluding carboxylic acids is 2. The third-order valence-electron chi connectivity index (χ3n) is 5.86. The van der Waals surface area contributed by atoms with Gasteiger partial charge in [0, 0.05) is 20.0 Å². The molecule has 0 aromatic rings. The van der Waals surface area contributed by atoms with E-state index in [9.17, 15) is 19.8 Å². The van der Waals surface area contributed by atoms with Crippen LogP contribution in [0.2, 0.25) is 0 Å². The van der Waals surface area contributed by atoms with Crippen molar-refractivity contribution in [3.63, 3.8) is 0 Å². The highest BCUT2D eigenvalue weighted by Crippen LogP contribution is 2.41. The van der Waals surface area contributed by atoms with E-state index in [1.807, 2.05) is 13.8 Å². The van der Waals surface area contributed by atoms with Gasteiger partial charge >= 0.3 is 5.97 Å². The van der Waals surface area contributed by atoms with Crippen LogP contribution in [-0.4, -0.2) is 58.8 Å². The SMILES string of the molecule is CCC1OC(=O)C(C)C(=O)C2(O)COC(OC)(CC(C)C/C(C)=C/C1(C)O)C2. The van der Waals surface area contributed by atoms with E-state index in [-0.39, 0.29) is 18.9 Å². The van der Waals surface area contributed by atoms with E-state index in [1.165, 1.54) is 14.0 Å². The number of aliphatic hydroxyl groups is 2. The van der Waals surface area contributed by atoms with Crippen molar-refractivity contribution in [3.05, 3.63) is 11.6 Å². The molecule has 2 heterocycles. The lowest BCUT2D eigenvalue weighted by Crippen LogP contribution is -2.48. The Balaban J connectivity index is 2.45. The van der Waals surface area contributed by atoms with Crippen LogP contribution in [0.25, 0.3) is 0 Å². The van der Waals surface area contributed by atoms with Crippen LogP contribution < -0.4 is 0 Å². The second-order valence-electron chi connectivity index (χ2n) is 8.76. The number of methoxy groups -OCH3 is 1. The fraction of sp³-hybridized carbons (Fsp3) is 0.810. The molecule has 6 unspecified atom stereocenters. The van der Waals surface area contributed by atoms with Gasteiger partial charge < -0.3 is 24.4 Å². The van der Waals surface area contributed by atoms with Crippen molar-refractivity contribution in [2.45, 2.75) is 83.4 Å². The molecule has 2 bridgehead atoms. The molecule has 0 spiro atoms. The fourth-order valence-corrected chi connectivity index (χ4v) is 4.47. The molecule has 0 aromatic carbocycles. The first kappa shape index (κ1) is 23.0. The lowest BCUT2D eigenvalue weighted by molar-refractivity contribution is -0.203. The fourth-order valence-electron chi connectivity index (χ4n) is 4.47. The summed E-state index contributed by atoms with van der Waals surface area (Å²) in [6.45, 7) is 8.53. The zero-order valence-electron chi connectivity index (χ0n) is 17.8. The molecule has 1 fully saturated rings. The van der Waals surface area contributed by atoms with Crippen LogP contribution in [0.15, 0.2) is 11.6 Å². The molecule has 7 nitrogen and oxygen atoms in total. The van der Waals surface area contributed by atoms with Crippen molar-refractivity contribution in [1.29, 1.82) is 0 Å². The topological polar surface area (TPSA) is 102 Å². The van der Waals surface area contributed by atoms with E-state index >= 15 is 0 Å². The summed E-state index contributed by atoms with van der Waals surface area (Å²) in [5.41, 5.74) is -2.23. The standard InChI is InChI=1S/C21H34O7/c1-7-16-19(5,24)9-13(2)8-14(3)10-21(26-6)11-20(25,12-27-21)17(22)15(4)18(23)28-16/h9,14-16,24-25H,7-8,10-12H2,1-6H3/b13-9+. The first-order valence-electron chi connectivity index (χ1n) is 9.95. The van der Waals surface area contributed by atoms with Gasteiger partial charge in [-0.15, -0.1) is 0 Å². The van der Waals surface area contributed by atoms with E-state index in [4.69, 9.17) is 14.2 Å². The van der Waals surface area contributed by atoms with Crippen molar-refractivity contribution in [3.8, 4) is 0 Å². The second-order valence-corrected chi connectivity index (χ2v) is 8.76. The summed E-state index contributed by atoms with van der Waals surface area (Å²) in [6.07, 6.45) is 2.42. The zero-order chi connectivity index (χ0) is 21.3. The van der Waals surface area contributed by atoms with E-state index in [0.717, 1.165) is 5.57 Å². The Morgan fingerprint density at radius 3 is 2.50 bits per heavy atom. The minimum atomic E-state index is -1.81. The number of ketones is 1. The first-order chi connectivity index (χ1) is 12.9. The summed E-state index contributed by atoms with van der Waals surface area (Å²) in [5.74, 6) is -3.57. The van der Waals surface area contributed by atoms with Crippen LogP contribution in [0.4, 0.5) is 0 Å². The maximum absolute atomic E-state index is 12.9. The smallest absolute Gasteiger partial charge is 0.316 e. The van der Waals surface area contributed by atoms with Crippen molar-refractivity contribution in [1.82, 2.24) is 0 Å². The summed E-state index contributed by atoms with van der Waals surface area (Å²) in [6, 6.07) is 0. The van der Waals surface area contributed by atoms with E-state index in [1.54, 1.807) is 19.9 Å². The number of rotatable bonds is 2. The average Bonchev–Trinajstić information content (AvgIpc) is 2.94. The van der Waals surface area contributed by atoms with Gasteiger partial charge in [0.05, 0.1) is 6.61 Å². The summed E-state index contributed by atoms with van der Waals surface area (Å²) in [7, 11) is 1.49. The molecule has 0 aromatic heterocycles. The maximum Gasteiger partial charge on any atom is 0.316 e. The number of hydrogen-bond donors (Lipinski definition) is 2. The van der Waals surface area contributed by atoms with Crippen molar-refractivity contribution in [2.75, 3.05) is 13.7 Å². The predicted molar refractivity (Wildman–Crippen MR) is 102 cm³/mol. The summed E-state index contributed by atoms with van der Waals surface area (Å²) in [5, 5.41) is 21.8. The molecule has 7 heteroatoms. The Labute approximate surface area is 167 Å². The molecule has 2 rings (SSSR count). The van der Waals surface area contributed by atoms with Crippen LogP contribution in [0.5, 0.6) is 0 Å². The average molecular weight is 398 g/mol. The third kappa shape index (κ3) is 4.64. The Hall–Kier alpha value is -1.28.